The van der Waals surface area contributed by atoms with Gasteiger partial charge in [-0.05, 0) is 13.8 Å². The molecule has 1 saturated heterocycles. The first-order valence-electron chi connectivity index (χ1n) is 6.94. The molecule has 1 aliphatic rings. The number of rotatable bonds is 4. The molecule has 1 aliphatic heterocycles. The lowest BCUT2D eigenvalue weighted by molar-refractivity contribution is -0.158. The van der Waals surface area contributed by atoms with Gasteiger partial charge in [0.05, 0.1) is 13.2 Å². The number of ether oxygens (including phenoxy) is 2. The van der Waals surface area contributed by atoms with Crippen LogP contribution in [0.15, 0.2) is 12.4 Å². The van der Waals surface area contributed by atoms with Gasteiger partial charge in [-0.2, -0.15) is 0 Å². The zero-order chi connectivity index (χ0) is 15.5. The Hall–Kier alpha value is -1.73. The van der Waals surface area contributed by atoms with Crippen molar-refractivity contribution in [1.82, 2.24) is 14.9 Å². The molecule has 0 unspecified atom stereocenters. The molecule has 0 aromatic carbocycles. The summed E-state index contributed by atoms with van der Waals surface area (Å²) in [6.07, 6.45) is 2.96. The largest absolute Gasteiger partial charge is 0.372 e. The van der Waals surface area contributed by atoms with Gasteiger partial charge in [0, 0.05) is 33.1 Å². The van der Waals surface area contributed by atoms with Crippen molar-refractivity contribution in [2.24, 2.45) is 0 Å². The van der Waals surface area contributed by atoms with E-state index in [4.69, 9.17) is 9.47 Å². The fraction of sp³-hybridized carbons (Fsp3) is 0.643. The molecule has 7 nitrogen and oxygen atoms in total. The van der Waals surface area contributed by atoms with Crippen LogP contribution in [-0.4, -0.2) is 60.2 Å². The van der Waals surface area contributed by atoms with Crippen molar-refractivity contribution in [1.29, 1.82) is 0 Å². The molecule has 1 fully saturated rings. The number of carbonyl (C=O) groups excluding carboxylic acids is 1. The van der Waals surface area contributed by atoms with Crippen LogP contribution in [0.25, 0.3) is 0 Å². The quantitative estimate of drug-likeness (QED) is 0.887. The van der Waals surface area contributed by atoms with Crippen LogP contribution in [0.5, 0.6) is 0 Å². The minimum atomic E-state index is -0.837. The second-order valence-electron chi connectivity index (χ2n) is 5.37. The van der Waals surface area contributed by atoms with Crippen molar-refractivity contribution in [2.45, 2.75) is 25.6 Å². The highest BCUT2D eigenvalue weighted by atomic mass is 16.5. The monoisotopic (exact) mass is 294 g/mol. The highest BCUT2D eigenvalue weighted by Gasteiger charge is 2.36. The summed E-state index contributed by atoms with van der Waals surface area (Å²) in [5, 5.41) is 3.00. The van der Waals surface area contributed by atoms with E-state index < -0.39 is 5.60 Å². The number of morpholine rings is 1. The number of aromatic nitrogens is 2. The van der Waals surface area contributed by atoms with Gasteiger partial charge < -0.3 is 19.7 Å². The average Bonchev–Trinajstić information content (AvgIpc) is 2.54. The maximum absolute atomic E-state index is 12.5. The summed E-state index contributed by atoms with van der Waals surface area (Å²) in [6.45, 7) is 4.99. The lowest BCUT2D eigenvalue weighted by atomic mass is 10.1. The Morgan fingerprint density at radius 2 is 2.19 bits per heavy atom. The molecule has 0 aliphatic carbocycles. The van der Waals surface area contributed by atoms with Crippen molar-refractivity contribution in [3.8, 4) is 0 Å². The van der Waals surface area contributed by atoms with E-state index in [1.54, 1.807) is 38.2 Å². The molecular formula is C14H22N4O3. The molecule has 1 aromatic rings. The fourth-order valence-corrected chi connectivity index (χ4v) is 2.24. The molecule has 116 valence electrons. The first-order valence-corrected chi connectivity index (χ1v) is 6.94. The van der Waals surface area contributed by atoms with Gasteiger partial charge in [-0.15, -0.1) is 0 Å². The van der Waals surface area contributed by atoms with Gasteiger partial charge >= 0.3 is 0 Å². The highest BCUT2D eigenvalue weighted by molar-refractivity contribution is 5.84. The highest BCUT2D eigenvalue weighted by Crippen LogP contribution is 2.26. The van der Waals surface area contributed by atoms with Gasteiger partial charge in [0.2, 0.25) is 0 Å². The predicted octanol–water partition coefficient (Wildman–Crippen LogP) is 0.843. The van der Waals surface area contributed by atoms with E-state index in [1.807, 2.05) is 0 Å². The van der Waals surface area contributed by atoms with E-state index in [0.29, 0.717) is 31.2 Å². The van der Waals surface area contributed by atoms with Crippen LogP contribution < -0.4 is 5.32 Å². The molecular weight excluding hydrogens is 272 g/mol. The SMILES string of the molecule is CNc1nccnc1[C@H]1CN(C(=O)C(C)(C)OC)CCO1. The van der Waals surface area contributed by atoms with Gasteiger partial charge in [-0.1, -0.05) is 0 Å². The van der Waals surface area contributed by atoms with Crippen LogP contribution in [0.3, 0.4) is 0 Å². The summed E-state index contributed by atoms with van der Waals surface area (Å²) >= 11 is 0. The molecule has 0 bridgehead atoms. The standard InChI is InChI=1S/C14H22N4O3/c1-14(2,20-4)13(19)18-7-8-21-10(9-18)11-12(15-3)17-6-5-16-11/h5-6,10H,7-9H2,1-4H3,(H,15,17)/t10-/m1/s1. The van der Waals surface area contributed by atoms with Crippen LogP contribution >= 0.6 is 0 Å². The molecule has 2 rings (SSSR count). The maximum Gasteiger partial charge on any atom is 0.254 e. The number of nitrogens with one attached hydrogen (secondary N) is 1. The summed E-state index contributed by atoms with van der Waals surface area (Å²) in [4.78, 5) is 22.8. The Morgan fingerprint density at radius 1 is 1.48 bits per heavy atom. The second kappa shape index (κ2) is 6.36. The zero-order valence-corrected chi connectivity index (χ0v) is 12.9. The zero-order valence-electron chi connectivity index (χ0n) is 12.9. The van der Waals surface area contributed by atoms with E-state index in [2.05, 4.69) is 15.3 Å². The molecule has 0 saturated carbocycles. The van der Waals surface area contributed by atoms with Crippen molar-refractivity contribution >= 4 is 11.7 Å². The lowest BCUT2D eigenvalue weighted by Crippen LogP contribution is -2.51. The Labute approximate surface area is 124 Å². The minimum absolute atomic E-state index is 0.0480. The van der Waals surface area contributed by atoms with Gasteiger partial charge in [0.15, 0.2) is 0 Å². The van der Waals surface area contributed by atoms with Crippen molar-refractivity contribution in [2.75, 3.05) is 39.2 Å². The fourth-order valence-electron chi connectivity index (χ4n) is 2.24. The van der Waals surface area contributed by atoms with Crippen molar-refractivity contribution < 1.29 is 14.3 Å². The second-order valence-corrected chi connectivity index (χ2v) is 5.37. The Morgan fingerprint density at radius 3 is 2.86 bits per heavy atom. The Bertz CT molecular complexity index is 507. The maximum atomic E-state index is 12.5. The van der Waals surface area contributed by atoms with Gasteiger partial charge in [0.1, 0.15) is 23.2 Å². The molecule has 1 aromatic heterocycles. The predicted molar refractivity (Wildman–Crippen MR) is 77.9 cm³/mol. The Balaban J connectivity index is 2.16. The molecule has 0 spiro atoms. The minimum Gasteiger partial charge on any atom is -0.372 e. The Kier molecular flexibility index (Phi) is 4.74. The number of hydrogen-bond acceptors (Lipinski definition) is 6. The lowest BCUT2D eigenvalue weighted by Gasteiger charge is -2.37. The van der Waals surface area contributed by atoms with Crippen LogP contribution in [-0.2, 0) is 14.3 Å². The van der Waals surface area contributed by atoms with E-state index >= 15 is 0 Å². The van der Waals surface area contributed by atoms with Crippen LogP contribution in [0.2, 0.25) is 0 Å². The van der Waals surface area contributed by atoms with Crippen LogP contribution in [0.1, 0.15) is 25.6 Å². The van der Waals surface area contributed by atoms with E-state index in [9.17, 15) is 4.79 Å². The third-order valence-electron chi connectivity index (χ3n) is 3.65. The topological polar surface area (TPSA) is 76.6 Å². The number of hydrogen-bond donors (Lipinski definition) is 1. The van der Waals surface area contributed by atoms with Gasteiger partial charge in [-0.25, -0.2) is 4.98 Å². The molecule has 21 heavy (non-hydrogen) atoms. The number of amides is 1. The van der Waals surface area contributed by atoms with E-state index in [-0.39, 0.29) is 12.0 Å². The van der Waals surface area contributed by atoms with Crippen molar-refractivity contribution in [3.05, 3.63) is 18.1 Å². The van der Waals surface area contributed by atoms with Crippen molar-refractivity contribution in [3.63, 3.8) is 0 Å². The number of nitrogens with zero attached hydrogens (tertiary/aromatic N) is 3. The van der Waals surface area contributed by atoms with Crippen LogP contribution in [0.4, 0.5) is 5.82 Å². The van der Waals surface area contributed by atoms with Gasteiger partial charge in [0.25, 0.3) is 5.91 Å². The smallest absolute Gasteiger partial charge is 0.254 e. The van der Waals surface area contributed by atoms with Gasteiger partial charge in [-0.3, -0.25) is 9.78 Å². The summed E-state index contributed by atoms with van der Waals surface area (Å²) in [5.41, 5.74) is -0.122. The summed E-state index contributed by atoms with van der Waals surface area (Å²) in [6, 6.07) is 0. The number of carbonyl (C=O) groups is 1. The first-order chi connectivity index (χ1) is 9.99. The molecule has 1 amide bonds. The first kappa shape index (κ1) is 15.7. The van der Waals surface area contributed by atoms with Crippen LogP contribution in [0, 0.1) is 0 Å². The number of methoxy groups -OCH3 is 1. The molecule has 0 radical (unpaired) electrons. The molecule has 7 heteroatoms. The van der Waals surface area contributed by atoms with E-state index in [0.717, 1.165) is 0 Å². The molecule has 1 N–H and O–H groups in total. The third-order valence-corrected chi connectivity index (χ3v) is 3.65. The molecule has 1 atom stereocenters. The normalized spacial score (nSPS) is 19.4. The summed E-state index contributed by atoms with van der Waals surface area (Å²) in [7, 11) is 3.32. The van der Waals surface area contributed by atoms with E-state index in [1.165, 1.54) is 7.11 Å². The summed E-state index contributed by atoms with van der Waals surface area (Å²) < 4.78 is 11.0. The molecule has 2 heterocycles. The summed E-state index contributed by atoms with van der Waals surface area (Å²) in [5.74, 6) is 0.621. The number of anilines is 1. The average molecular weight is 294 g/mol. The third kappa shape index (κ3) is 3.30.